The average Bonchev–Trinajstić information content (AvgIpc) is 3.16. The van der Waals surface area contributed by atoms with E-state index in [4.69, 9.17) is 46.2 Å². The number of halogens is 4. The third kappa shape index (κ3) is 14.0. The molecular weight excluding hydrogens is 912 g/mol. The fourth-order valence-electron chi connectivity index (χ4n) is 5.08. The minimum absolute atomic E-state index is 0.495. The topological polar surface area (TPSA) is 23.8 Å². The number of benzene rings is 7. The van der Waals surface area contributed by atoms with Crippen molar-refractivity contribution < 1.29 is 13.2 Å². The van der Waals surface area contributed by atoms with Crippen LogP contribution in [0.15, 0.2) is 206 Å². The Hall–Kier alpha value is -3.00. The average molecular weight is 950 g/mol. The summed E-state index contributed by atoms with van der Waals surface area (Å²) in [5, 5.41) is 9.29. The first-order valence-electron chi connectivity index (χ1n) is 15.6. The normalized spacial score (nSPS) is 10.4. The van der Waals surface area contributed by atoms with Crippen molar-refractivity contribution in [1.29, 1.82) is 0 Å². The predicted molar refractivity (Wildman–Crippen MR) is 226 cm³/mol. The zero-order chi connectivity index (χ0) is 35.4. The smallest absolute Gasteiger partial charge is 0.102 e. The summed E-state index contributed by atoms with van der Waals surface area (Å²) >= 11 is 3.55. The fraction of sp³-hybridized carbons (Fsp3) is 0. The van der Waals surface area contributed by atoms with E-state index in [9.17, 15) is 0 Å². The van der Waals surface area contributed by atoms with Crippen LogP contribution in [0, 0.1) is 0 Å². The molecule has 0 fully saturated rings. The van der Waals surface area contributed by atoms with Gasteiger partial charge in [0.15, 0.2) is 0 Å². The van der Waals surface area contributed by atoms with Crippen molar-refractivity contribution in [2.75, 3.05) is 0 Å². The van der Waals surface area contributed by atoms with Crippen molar-refractivity contribution >= 4 is 93.9 Å². The quantitative estimate of drug-likeness (QED) is 0.148. The molecule has 0 spiro atoms. The molecule has 0 amide bonds. The molecule has 0 aliphatic heterocycles. The van der Waals surface area contributed by atoms with Crippen LogP contribution in [-0.2, 0) is 13.2 Å². The minimum atomic E-state index is -1.98. The maximum atomic E-state index is 7.03. The van der Waals surface area contributed by atoms with Crippen LogP contribution >= 0.6 is 56.4 Å². The summed E-state index contributed by atoms with van der Waals surface area (Å²) in [5.41, 5.74) is 7.53. The summed E-state index contributed by atoms with van der Waals surface area (Å²) in [4.78, 5) is 0. The largest absolute Gasteiger partial charge is 0.699 e. The van der Waals surface area contributed by atoms with E-state index in [0.717, 1.165) is 0 Å². The molecule has 1 N–H and O–H groups in total. The van der Waals surface area contributed by atoms with Crippen LogP contribution in [0.3, 0.4) is 0 Å². The van der Waals surface area contributed by atoms with Crippen molar-refractivity contribution in [3.8, 4) is 0 Å². The maximum Gasteiger partial charge on any atom is 0.102 e. The Morgan fingerprint density at radius 1 is 0.320 bits per heavy atom. The van der Waals surface area contributed by atoms with Gasteiger partial charge < -0.3 is 5.73 Å². The van der Waals surface area contributed by atoms with Crippen molar-refractivity contribution in [1.82, 2.24) is 0 Å². The van der Waals surface area contributed by atoms with Gasteiger partial charge in [-0.05, 0) is 84.9 Å². The van der Waals surface area contributed by atoms with Gasteiger partial charge in [0.05, 0.1) is 15.8 Å². The van der Waals surface area contributed by atoms with Gasteiger partial charge in [0.2, 0.25) is 0 Å². The van der Waals surface area contributed by atoms with E-state index in [-0.39, 0.29) is 0 Å². The van der Waals surface area contributed by atoms with Crippen molar-refractivity contribution in [2.24, 2.45) is 0 Å². The van der Waals surface area contributed by atoms with Crippen molar-refractivity contribution in [2.45, 2.75) is 0 Å². The van der Waals surface area contributed by atoms with Gasteiger partial charge in [0, 0.05) is 5.02 Å². The predicted octanol–water partition coefficient (Wildman–Crippen LogP) is 11.4. The molecule has 0 aliphatic rings. The van der Waals surface area contributed by atoms with E-state index in [1.54, 1.807) is 24.3 Å². The van der Waals surface area contributed by atoms with Crippen LogP contribution in [0.5, 0.6) is 0 Å². The zero-order valence-electron chi connectivity index (χ0n) is 27.0. The molecule has 50 heavy (non-hydrogen) atoms. The molecule has 7 rings (SSSR count). The summed E-state index contributed by atoms with van der Waals surface area (Å²) in [5.74, 6) is 0. The Labute approximate surface area is 321 Å². The Morgan fingerprint density at radius 2 is 0.500 bits per heavy atom. The summed E-state index contributed by atoms with van der Waals surface area (Å²) in [6, 6.07) is 71.7. The Balaban J connectivity index is 0.000000171. The van der Waals surface area contributed by atoms with Crippen LogP contribution in [-0.4, -0.2) is 0 Å². The van der Waals surface area contributed by atoms with E-state index in [1.807, 2.05) is 0 Å². The molecule has 0 radical (unpaired) electrons. The monoisotopic (exact) mass is 949 g/mol. The molecule has 8 heteroatoms. The van der Waals surface area contributed by atoms with E-state index in [0.29, 0.717) is 10.7 Å². The van der Waals surface area contributed by atoms with Crippen LogP contribution in [0.25, 0.3) is 5.73 Å². The maximum absolute atomic E-state index is 7.03. The molecule has 255 valence electrons. The van der Waals surface area contributed by atoms with Crippen LogP contribution in [0.4, 0.5) is 5.69 Å². The molecule has 0 saturated carbocycles. The molecular formula is C42H37Cl4NOsP2+. The molecule has 0 heterocycles. The van der Waals surface area contributed by atoms with Gasteiger partial charge in [-0.3, -0.25) is 0 Å². The van der Waals surface area contributed by atoms with Gasteiger partial charge in [-0.2, -0.15) is 0 Å². The zero-order valence-corrected chi connectivity index (χ0v) is 34.6. The molecule has 0 unspecified atom stereocenters. The minimum Gasteiger partial charge on any atom is -0.699 e. The Kier molecular flexibility index (Phi) is 18.1. The second-order valence-corrected chi connectivity index (χ2v) is 27.0. The van der Waals surface area contributed by atoms with E-state index in [2.05, 4.69) is 182 Å². The van der Waals surface area contributed by atoms with E-state index >= 15 is 0 Å². The number of hydrogen-bond acceptors (Lipinski definition) is 0. The third-order valence-electron chi connectivity index (χ3n) is 7.22. The van der Waals surface area contributed by atoms with Gasteiger partial charge in [0.25, 0.3) is 0 Å². The first-order valence-corrected chi connectivity index (χ1v) is 28.4. The third-order valence-corrected chi connectivity index (χ3v) is 12.9. The number of rotatable bonds is 6. The second-order valence-electron chi connectivity index (χ2n) is 10.6. The molecule has 7 aromatic rings. The first-order chi connectivity index (χ1) is 24.4. The molecule has 0 atom stereocenters. The molecule has 0 bridgehead atoms. The van der Waals surface area contributed by atoms with Crippen LogP contribution in [0.2, 0.25) is 5.02 Å². The van der Waals surface area contributed by atoms with Gasteiger partial charge in [-0.1, -0.05) is 133 Å². The second kappa shape index (κ2) is 22.7. The van der Waals surface area contributed by atoms with Gasteiger partial charge in [-0.15, -0.1) is 5.69 Å². The van der Waals surface area contributed by atoms with Crippen molar-refractivity contribution in [3.63, 3.8) is 0 Å². The molecule has 1 nitrogen and oxygen atoms in total. The molecule has 7 aromatic carbocycles. The summed E-state index contributed by atoms with van der Waals surface area (Å²) in [6.07, 6.45) is 0. The molecule has 0 aromatic heterocycles. The number of nitrogens with one attached hydrogen (secondary N) is 1. The van der Waals surface area contributed by atoms with Crippen molar-refractivity contribution in [3.05, 3.63) is 217 Å². The summed E-state index contributed by atoms with van der Waals surface area (Å²) in [7, 11) is 13.2. The van der Waals surface area contributed by atoms with Gasteiger partial charge in [-0.25, -0.2) is 0 Å². The first kappa shape index (κ1) is 39.8. The van der Waals surface area contributed by atoms with Crippen LogP contribution < -0.4 is 31.8 Å². The fourth-order valence-corrected chi connectivity index (χ4v) is 10.4. The SMILES string of the molecule is [Cl][Os]([Cl])[Cl].[NH-]c1ccc(Cl)cc1.c1ccc([PH+](c2ccccc2)c2ccccc2)cc1.c1ccc([PH+](c2ccccc2)c2ccccc2)cc1. The van der Waals surface area contributed by atoms with E-state index in [1.165, 1.54) is 31.8 Å². The summed E-state index contributed by atoms with van der Waals surface area (Å²) in [6.45, 7) is 0. The summed E-state index contributed by atoms with van der Waals surface area (Å²) < 4.78 is 0. The Bertz CT molecular complexity index is 1560. The standard InChI is InChI=1S/2C18H15P.C6H5ClN.3ClH.Os/c2*1-4-10-16(11-5-1)19(17-12-6-2-7-13-17)18-14-8-3-9-15-18;7-5-1-3-6(8)4-2-5;;;;/h2*1-15H;1-4,8H;3*1H;/q;;-1;;;;+3/p-1. The van der Waals surface area contributed by atoms with E-state index < -0.39 is 29.1 Å². The molecule has 0 aliphatic carbocycles. The van der Waals surface area contributed by atoms with Gasteiger partial charge >= 0.3 is 42.1 Å². The van der Waals surface area contributed by atoms with Crippen LogP contribution in [0.1, 0.15) is 0 Å². The molecule has 0 saturated heterocycles. The van der Waals surface area contributed by atoms with Gasteiger partial charge in [0.1, 0.15) is 31.8 Å². The Morgan fingerprint density at radius 3 is 0.660 bits per heavy atom. The number of hydrogen-bond donors (Lipinski definition) is 0.